The van der Waals surface area contributed by atoms with E-state index in [-0.39, 0.29) is 0 Å². The summed E-state index contributed by atoms with van der Waals surface area (Å²) in [5.74, 6) is -0.920. The van der Waals surface area contributed by atoms with Crippen molar-refractivity contribution in [3.63, 3.8) is 0 Å². The lowest BCUT2D eigenvalue weighted by Crippen LogP contribution is -2.31. The minimum Gasteiger partial charge on any atom is -0.478 e. The van der Waals surface area contributed by atoms with Gasteiger partial charge >= 0.3 is 5.97 Å². The van der Waals surface area contributed by atoms with Gasteiger partial charge < -0.3 is 14.6 Å². The minimum atomic E-state index is -0.920. The van der Waals surface area contributed by atoms with Crippen LogP contribution in [0.25, 0.3) is 33.2 Å². The normalized spacial score (nSPS) is 14.5. The van der Waals surface area contributed by atoms with Crippen molar-refractivity contribution in [3.8, 4) is 22.3 Å². The SMILES string of the molecule is O=C(O)c1cccc2c1c(-c1cncc(-c3cccc(Cl)c3)c1)cn2CCCN1CCCCC1. The summed E-state index contributed by atoms with van der Waals surface area (Å²) in [7, 11) is 0. The van der Waals surface area contributed by atoms with Crippen LogP contribution in [0.3, 0.4) is 0 Å². The van der Waals surface area contributed by atoms with Gasteiger partial charge in [0.05, 0.1) is 5.56 Å². The first kappa shape index (κ1) is 22.6. The summed E-state index contributed by atoms with van der Waals surface area (Å²) in [4.78, 5) is 19.1. The van der Waals surface area contributed by atoms with Gasteiger partial charge in [-0.15, -0.1) is 0 Å². The van der Waals surface area contributed by atoms with E-state index in [9.17, 15) is 9.90 Å². The maximum Gasteiger partial charge on any atom is 0.336 e. The molecule has 0 unspecified atom stereocenters. The lowest BCUT2D eigenvalue weighted by atomic mass is 9.99. The number of fused-ring (bicyclic) bond motifs is 1. The molecule has 3 heterocycles. The number of carbonyl (C=O) groups is 1. The van der Waals surface area contributed by atoms with E-state index in [0.717, 1.165) is 52.7 Å². The van der Waals surface area contributed by atoms with Crippen molar-refractivity contribution in [2.45, 2.75) is 32.2 Å². The summed E-state index contributed by atoms with van der Waals surface area (Å²) in [5, 5.41) is 11.4. The lowest BCUT2D eigenvalue weighted by molar-refractivity contribution is 0.0699. The molecule has 2 aromatic heterocycles. The minimum absolute atomic E-state index is 0.315. The van der Waals surface area contributed by atoms with Gasteiger partial charge in [-0.2, -0.15) is 0 Å². The summed E-state index contributed by atoms with van der Waals surface area (Å²) >= 11 is 6.20. The predicted molar refractivity (Wildman–Crippen MR) is 137 cm³/mol. The van der Waals surface area contributed by atoms with Crippen LogP contribution in [0.1, 0.15) is 36.0 Å². The predicted octanol–water partition coefficient (Wildman–Crippen LogP) is 6.60. The zero-order valence-electron chi connectivity index (χ0n) is 19.1. The molecule has 6 heteroatoms. The molecule has 0 saturated carbocycles. The van der Waals surface area contributed by atoms with Crippen LogP contribution in [-0.2, 0) is 6.54 Å². The van der Waals surface area contributed by atoms with Gasteiger partial charge in [0.2, 0.25) is 0 Å². The highest BCUT2D eigenvalue weighted by atomic mass is 35.5. The largest absolute Gasteiger partial charge is 0.478 e. The Bertz CT molecular complexity index is 1320. The average Bonchev–Trinajstić information content (AvgIpc) is 3.23. The van der Waals surface area contributed by atoms with Crippen molar-refractivity contribution in [1.29, 1.82) is 0 Å². The molecule has 1 aliphatic heterocycles. The number of pyridine rings is 1. The molecule has 0 spiro atoms. The number of nitrogens with zero attached hydrogens (tertiary/aromatic N) is 3. The van der Waals surface area contributed by atoms with Crippen molar-refractivity contribution in [2.24, 2.45) is 0 Å². The highest BCUT2D eigenvalue weighted by Gasteiger charge is 2.18. The molecular weight excluding hydrogens is 446 g/mol. The molecule has 0 aliphatic carbocycles. The van der Waals surface area contributed by atoms with E-state index in [2.05, 4.69) is 26.7 Å². The fourth-order valence-corrected chi connectivity index (χ4v) is 5.19. The highest BCUT2D eigenvalue weighted by molar-refractivity contribution is 6.30. The van der Waals surface area contributed by atoms with Crippen LogP contribution in [0.4, 0.5) is 0 Å². The molecule has 1 N–H and O–H groups in total. The molecule has 2 aromatic carbocycles. The topological polar surface area (TPSA) is 58.4 Å². The average molecular weight is 474 g/mol. The molecule has 5 rings (SSSR count). The number of hydrogen-bond acceptors (Lipinski definition) is 3. The van der Waals surface area contributed by atoms with Gasteiger partial charge in [0, 0.05) is 57.8 Å². The number of halogens is 1. The second-order valence-corrected chi connectivity index (χ2v) is 9.41. The maximum atomic E-state index is 12.1. The second-order valence-electron chi connectivity index (χ2n) is 8.97. The Balaban J connectivity index is 1.53. The molecule has 1 fully saturated rings. The molecule has 0 radical (unpaired) electrons. The zero-order chi connectivity index (χ0) is 23.5. The number of likely N-dealkylation sites (tertiary alicyclic amines) is 1. The van der Waals surface area contributed by atoms with Crippen molar-refractivity contribution in [2.75, 3.05) is 19.6 Å². The summed E-state index contributed by atoms with van der Waals surface area (Å²) in [6, 6.07) is 15.3. The van der Waals surface area contributed by atoms with Gasteiger partial charge in [0.15, 0.2) is 0 Å². The number of rotatable bonds is 7. The van der Waals surface area contributed by atoms with E-state index in [1.807, 2.05) is 42.6 Å². The standard InChI is InChI=1S/C28H28ClN3O2/c29-23-8-4-7-20(16-23)21-15-22(18-30-17-21)25-19-32(14-6-13-31-11-2-1-3-12-31)26-10-5-9-24(27(25)26)28(33)34/h4-5,7-10,15-19H,1-3,6,11-14H2,(H,33,34). The van der Waals surface area contributed by atoms with Crippen LogP contribution >= 0.6 is 11.6 Å². The fraction of sp³-hybridized carbons (Fsp3) is 0.286. The molecule has 0 bridgehead atoms. The first-order valence-corrected chi connectivity index (χ1v) is 12.3. The first-order chi connectivity index (χ1) is 16.6. The van der Waals surface area contributed by atoms with Crippen LogP contribution in [0.2, 0.25) is 5.02 Å². The van der Waals surface area contributed by atoms with E-state index < -0.39 is 5.97 Å². The molecule has 1 saturated heterocycles. The maximum absolute atomic E-state index is 12.1. The molecule has 1 aliphatic rings. The Hall–Kier alpha value is -3.15. The Morgan fingerprint density at radius 3 is 2.53 bits per heavy atom. The molecule has 34 heavy (non-hydrogen) atoms. The summed E-state index contributed by atoms with van der Waals surface area (Å²) in [5.41, 5.74) is 4.97. The van der Waals surface area contributed by atoms with Crippen LogP contribution in [0, 0.1) is 0 Å². The molecule has 0 atom stereocenters. The Morgan fingerprint density at radius 2 is 1.74 bits per heavy atom. The number of carboxylic acid groups (broad SMARTS) is 1. The smallest absolute Gasteiger partial charge is 0.336 e. The molecule has 4 aromatic rings. The monoisotopic (exact) mass is 473 g/mol. The number of piperidine rings is 1. The van der Waals surface area contributed by atoms with Gasteiger partial charge in [-0.1, -0.05) is 36.2 Å². The summed E-state index contributed by atoms with van der Waals surface area (Å²) in [6.07, 6.45) is 10.6. The number of aromatic carboxylic acids is 1. The van der Waals surface area contributed by atoms with E-state index in [0.29, 0.717) is 10.6 Å². The molecule has 174 valence electrons. The number of aryl methyl sites for hydroxylation is 1. The number of carboxylic acids is 1. The fourth-order valence-electron chi connectivity index (χ4n) is 5.00. The van der Waals surface area contributed by atoms with E-state index >= 15 is 0 Å². The first-order valence-electron chi connectivity index (χ1n) is 11.9. The molecular formula is C28H28ClN3O2. The number of hydrogen-bond donors (Lipinski definition) is 1. The van der Waals surface area contributed by atoms with Gasteiger partial charge in [0.1, 0.15) is 0 Å². The van der Waals surface area contributed by atoms with Crippen LogP contribution in [0.5, 0.6) is 0 Å². The molecule has 0 amide bonds. The van der Waals surface area contributed by atoms with Gasteiger partial charge in [-0.3, -0.25) is 4.98 Å². The lowest BCUT2D eigenvalue weighted by Gasteiger charge is -2.26. The highest BCUT2D eigenvalue weighted by Crippen LogP contribution is 2.35. The van der Waals surface area contributed by atoms with Gasteiger partial charge in [0.25, 0.3) is 0 Å². The van der Waals surface area contributed by atoms with Crippen molar-refractivity contribution in [3.05, 3.63) is 77.7 Å². The third kappa shape index (κ3) is 4.72. The quantitative estimate of drug-likeness (QED) is 0.328. The van der Waals surface area contributed by atoms with Crippen LogP contribution in [-0.4, -0.2) is 45.2 Å². The Labute approximate surface area is 204 Å². The zero-order valence-corrected chi connectivity index (χ0v) is 19.8. The summed E-state index contributed by atoms with van der Waals surface area (Å²) in [6.45, 7) is 4.28. The third-order valence-electron chi connectivity index (χ3n) is 6.67. The Morgan fingerprint density at radius 1 is 0.941 bits per heavy atom. The van der Waals surface area contributed by atoms with Crippen LogP contribution < -0.4 is 0 Å². The van der Waals surface area contributed by atoms with E-state index in [4.69, 9.17) is 11.6 Å². The molecule has 5 nitrogen and oxygen atoms in total. The second kappa shape index (κ2) is 10.00. The van der Waals surface area contributed by atoms with Gasteiger partial charge in [-0.25, -0.2) is 4.79 Å². The van der Waals surface area contributed by atoms with Crippen molar-refractivity contribution in [1.82, 2.24) is 14.5 Å². The third-order valence-corrected chi connectivity index (χ3v) is 6.90. The van der Waals surface area contributed by atoms with Crippen molar-refractivity contribution >= 4 is 28.5 Å². The van der Waals surface area contributed by atoms with Gasteiger partial charge in [-0.05, 0) is 74.8 Å². The number of benzene rings is 2. The van der Waals surface area contributed by atoms with Crippen LogP contribution in [0.15, 0.2) is 67.1 Å². The number of aromatic nitrogens is 2. The summed E-state index contributed by atoms with van der Waals surface area (Å²) < 4.78 is 2.20. The van der Waals surface area contributed by atoms with Crippen molar-refractivity contribution < 1.29 is 9.90 Å². The Kier molecular flexibility index (Phi) is 6.66. The van der Waals surface area contributed by atoms with E-state index in [1.54, 1.807) is 12.3 Å². The van der Waals surface area contributed by atoms with E-state index in [1.165, 1.54) is 32.4 Å².